The number of thiocarbonyl (C=S) groups is 1. The molecular weight excluding hydrogens is 260 g/mol. The predicted octanol–water partition coefficient (Wildman–Crippen LogP) is 1.73. The highest BCUT2D eigenvalue weighted by atomic mass is 32.1. The minimum Gasteiger partial charge on any atom is -0.496 e. The molecule has 0 amide bonds. The van der Waals surface area contributed by atoms with Gasteiger partial charge in [-0.05, 0) is 6.07 Å². The molecule has 0 saturated heterocycles. The Bertz CT molecular complexity index is 571. The molecule has 0 aliphatic rings. The van der Waals surface area contributed by atoms with Gasteiger partial charge in [-0.3, -0.25) is 0 Å². The summed E-state index contributed by atoms with van der Waals surface area (Å²) in [4.78, 5) is 8.54. The van der Waals surface area contributed by atoms with Gasteiger partial charge < -0.3 is 15.8 Å². The van der Waals surface area contributed by atoms with E-state index in [2.05, 4.69) is 15.3 Å². The van der Waals surface area contributed by atoms with Gasteiger partial charge in [0, 0.05) is 12.1 Å². The zero-order chi connectivity index (χ0) is 13.7. The maximum atomic E-state index is 5.46. The lowest BCUT2D eigenvalue weighted by Gasteiger charge is -2.09. The van der Waals surface area contributed by atoms with E-state index in [-0.39, 0.29) is 4.99 Å². The van der Waals surface area contributed by atoms with Crippen molar-refractivity contribution in [2.24, 2.45) is 5.73 Å². The average Bonchev–Trinajstić information content (AvgIpc) is 2.45. The number of methoxy groups -OCH3 is 1. The Morgan fingerprint density at radius 3 is 2.74 bits per heavy atom. The van der Waals surface area contributed by atoms with Crippen LogP contribution in [0.4, 0.5) is 5.82 Å². The fraction of sp³-hybridized carbons (Fsp3) is 0.154. The summed E-state index contributed by atoms with van der Waals surface area (Å²) in [6, 6.07) is 7.79. The van der Waals surface area contributed by atoms with E-state index in [0.717, 1.165) is 11.3 Å². The Hall–Kier alpha value is -2.21. The maximum absolute atomic E-state index is 5.46. The number of benzene rings is 1. The summed E-state index contributed by atoms with van der Waals surface area (Å²) in [5, 5.41) is 3.16. The fourth-order valence-corrected chi connectivity index (χ4v) is 1.69. The Kier molecular flexibility index (Phi) is 4.25. The van der Waals surface area contributed by atoms with Crippen LogP contribution in [0.2, 0.25) is 0 Å². The van der Waals surface area contributed by atoms with Gasteiger partial charge in [-0.15, -0.1) is 0 Å². The van der Waals surface area contributed by atoms with Crippen molar-refractivity contribution in [3.05, 3.63) is 47.9 Å². The molecule has 0 saturated carbocycles. The summed E-state index contributed by atoms with van der Waals surface area (Å²) in [6.45, 7) is 0.602. The largest absolute Gasteiger partial charge is 0.496 e. The number of nitrogens with two attached hydrogens (primary N) is 1. The van der Waals surface area contributed by atoms with Crippen LogP contribution in [-0.4, -0.2) is 22.1 Å². The van der Waals surface area contributed by atoms with Crippen LogP contribution in [0.5, 0.6) is 5.75 Å². The lowest BCUT2D eigenvalue weighted by atomic mass is 10.2. The van der Waals surface area contributed by atoms with Crippen LogP contribution in [0.15, 0.2) is 36.7 Å². The lowest BCUT2D eigenvalue weighted by molar-refractivity contribution is 0.410. The second-order valence-corrected chi connectivity index (χ2v) is 4.26. The third-order valence-corrected chi connectivity index (χ3v) is 2.77. The normalized spacial score (nSPS) is 9.95. The van der Waals surface area contributed by atoms with Gasteiger partial charge in [-0.1, -0.05) is 30.4 Å². The molecule has 2 rings (SSSR count). The van der Waals surface area contributed by atoms with E-state index in [1.807, 2.05) is 24.3 Å². The molecular formula is C13H14N4OS. The first-order valence-electron chi connectivity index (χ1n) is 5.68. The van der Waals surface area contributed by atoms with Crippen LogP contribution in [0, 0.1) is 0 Å². The molecule has 0 unspecified atom stereocenters. The molecule has 5 nitrogen and oxygen atoms in total. The number of rotatable bonds is 5. The third kappa shape index (κ3) is 3.38. The number of para-hydroxylation sites is 1. The number of ether oxygens (including phenoxy) is 1. The van der Waals surface area contributed by atoms with Crippen molar-refractivity contribution in [2.45, 2.75) is 6.54 Å². The Morgan fingerprint density at radius 2 is 2.11 bits per heavy atom. The summed E-state index contributed by atoms with van der Waals surface area (Å²) in [6.07, 6.45) is 3.15. The summed E-state index contributed by atoms with van der Waals surface area (Å²) in [5.41, 5.74) is 7.02. The molecule has 1 aromatic carbocycles. The summed E-state index contributed by atoms with van der Waals surface area (Å²) in [7, 11) is 1.65. The van der Waals surface area contributed by atoms with Crippen molar-refractivity contribution in [1.29, 1.82) is 0 Å². The van der Waals surface area contributed by atoms with Gasteiger partial charge in [0.05, 0.1) is 19.5 Å². The van der Waals surface area contributed by atoms with Crippen molar-refractivity contribution in [3.8, 4) is 5.75 Å². The number of nitrogens with zero attached hydrogens (tertiary/aromatic N) is 2. The van der Waals surface area contributed by atoms with E-state index < -0.39 is 0 Å². The smallest absolute Gasteiger partial charge is 0.144 e. The van der Waals surface area contributed by atoms with Gasteiger partial charge in [-0.25, -0.2) is 9.97 Å². The van der Waals surface area contributed by atoms with Gasteiger partial charge in [0.1, 0.15) is 22.2 Å². The highest BCUT2D eigenvalue weighted by molar-refractivity contribution is 7.80. The molecule has 1 heterocycles. The molecule has 0 fully saturated rings. The molecule has 6 heteroatoms. The van der Waals surface area contributed by atoms with Crippen LogP contribution in [0.3, 0.4) is 0 Å². The van der Waals surface area contributed by atoms with Crippen LogP contribution < -0.4 is 15.8 Å². The Morgan fingerprint density at radius 1 is 1.32 bits per heavy atom. The molecule has 0 bridgehead atoms. The van der Waals surface area contributed by atoms with Crippen molar-refractivity contribution in [3.63, 3.8) is 0 Å². The number of anilines is 1. The van der Waals surface area contributed by atoms with Gasteiger partial charge >= 0.3 is 0 Å². The minimum absolute atomic E-state index is 0.240. The molecule has 3 N–H and O–H groups in total. The monoisotopic (exact) mass is 274 g/mol. The van der Waals surface area contributed by atoms with Gasteiger partial charge in [0.2, 0.25) is 0 Å². The van der Waals surface area contributed by atoms with Crippen molar-refractivity contribution in [1.82, 2.24) is 9.97 Å². The third-order valence-electron chi connectivity index (χ3n) is 2.56. The van der Waals surface area contributed by atoms with Crippen molar-refractivity contribution < 1.29 is 4.74 Å². The van der Waals surface area contributed by atoms with Crippen LogP contribution >= 0.6 is 12.2 Å². The number of nitrogens with one attached hydrogen (secondary N) is 1. The second kappa shape index (κ2) is 6.10. The number of hydrogen-bond acceptors (Lipinski definition) is 5. The zero-order valence-electron chi connectivity index (χ0n) is 10.5. The van der Waals surface area contributed by atoms with Crippen LogP contribution in [0.1, 0.15) is 11.3 Å². The van der Waals surface area contributed by atoms with Crippen molar-refractivity contribution in [2.75, 3.05) is 12.4 Å². The van der Waals surface area contributed by atoms with Crippen LogP contribution in [0.25, 0.3) is 0 Å². The molecule has 98 valence electrons. The lowest BCUT2D eigenvalue weighted by Crippen LogP contribution is -2.12. The molecule has 1 aromatic heterocycles. The Labute approximate surface area is 116 Å². The van der Waals surface area contributed by atoms with Gasteiger partial charge in [0.15, 0.2) is 0 Å². The second-order valence-electron chi connectivity index (χ2n) is 3.82. The molecule has 0 spiro atoms. The number of hydrogen-bond donors (Lipinski definition) is 2. The van der Waals surface area contributed by atoms with E-state index in [9.17, 15) is 0 Å². The molecule has 2 aromatic rings. The first-order valence-corrected chi connectivity index (χ1v) is 6.09. The fourth-order valence-electron chi connectivity index (χ4n) is 1.58. The number of aromatic nitrogens is 2. The van der Waals surface area contributed by atoms with Gasteiger partial charge in [0.25, 0.3) is 0 Å². The molecule has 0 aliphatic heterocycles. The highest BCUT2D eigenvalue weighted by Crippen LogP contribution is 2.18. The molecule has 0 atom stereocenters. The molecule has 19 heavy (non-hydrogen) atoms. The van der Waals surface area contributed by atoms with Crippen LogP contribution in [-0.2, 0) is 6.54 Å². The topological polar surface area (TPSA) is 73.1 Å². The van der Waals surface area contributed by atoms with Gasteiger partial charge in [-0.2, -0.15) is 0 Å². The molecule has 0 radical (unpaired) electrons. The van der Waals surface area contributed by atoms with E-state index in [4.69, 9.17) is 22.7 Å². The first kappa shape index (κ1) is 13.2. The summed E-state index contributed by atoms with van der Waals surface area (Å²) >= 11 is 4.82. The SMILES string of the molecule is COc1ccccc1CNc1cnc(C(N)=S)cn1. The van der Waals surface area contributed by atoms with E-state index >= 15 is 0 Å². The Balaban J connectivity index is 2.04. The van der Waals surface area contributed by atoms with Crippen molar-refractivity contribution >= 4 is 23.0 Å². The standard InChI is InChI=1S/C13H14N4OS/c1-18-11-5-3-2-4-9(11)6-16-12-8-15-10(7-17-12)13(14)19/h2-5,7-8H,6H2,1H3,(H2,14,19)(H,16,17). The van der Waals surface area contributed by atoms with E-state index in [1.54, 1.807) is 19.5 Å². The average molecular weight is 274 g/mol. The van der Waals surface area contributed by atoms with E-state index in [0.29, 0.717) is 18.1 Å². The minimum atomic E-state index is 0.240. The quantitative estimate of drug-likeness (QED) is 0.809. The predicted molar refractivity (Wildman–Crippen MR) is 78.2 cm³/mol. The summed E-state index contributed by atoms with van der Waals surface area (Å²) in [5.74, 6) is 1.49. The molecule has 0 aliphatic carbocycles. The van der Waals surface area contributed by atoms with E-state index in [1.165, 1.54) is 0 Å². The summed E-state index contributed by atoms with van der Waals surface area (Å²) < 4.78 is 5.27. The zero-order valence-corrected chi connectivity index (χ0v) is 11.3. The highest BCUT2D eigenvalue weighted by Gasteiger charge is 2.03. The first-order chi connectivity index (χ1) is 9.20. The maximum Gasteiger partial charge on any atom is 0.144 e.